The lowest BCUT2D eigenvalue weighted by atomic mass is 10.2. The quantitative estimate of drug-likeness (QED) is 0.834. The minimum absolute atomic E-state index is 0.376. The normalized spacial score (nSPS) is 11.4. The number of hydrogen-bond donors (Lipinski definition) is 2. The van der Waals surface area contributed by atoms with Crippen LogP contribution in [0.2, 0.25) is 0 Å². The maximum absolute atomic E-state index is 12.0. The molecule has 0 radical (unpaired) electrons. The summed E-state index contributed by atoms with van der Waals surface area (Å²) in [5.41, 5.74) is 6.39. The summed E-state index contributed by atoms with van der Waals surface area (Å²) in [5, 5.41) is 0. The molecule has 23 heavy (non-hydrogen) atoms. The van der Waals surface area contributed by atoms with Gasteiger partial charge in [-0.05, 0) is 43.2 Å². The van der Waals surface area contributed by atoms with Gasteiger partial charge in [-0.15, -0.1) is 0 Å². The number of hydrogen-bond acceptors (Lipinski definition) is 3. The fourth-order valence-electron chi connectivity index (χ4n) is 1.94. The highest BCUT2D eigenvalue weighted by molar-refractivity contribution is 5.95. The van der Waals surface area contributed by atoms with Crippen LogP contribution < -0.4 is 15.6 Å². The summed E-state index contributed by atoms with van der Waals surface area (Å²) in [6.07, 6.45) is 0.223. The summed E-state index contributed by atoms with van der Waals surface area (Å²) in [5.74, 6) is -0.188. The van der Waals surface area contributed by atoms with E-state index in [2.05, 4.69) is 17.8 Å². The Morgan fingerprint density at radius 2 is 1.65 bits per heavy atom. The summed E-state index contributed by atoms with van der Waals surface area (Å²) in [7, 11) is 0. The molecule has 0 heterocycles. The van der Waals surface area contributed by atoms with Gasteiger partial charge in [0.15, 0.2) is 6.10 Å². The fraction of sp³-hybridized carbons (Fsp3) is 0.222. The Balaban J connectivity index is 1.83. The van der Waals surface area contributed by atoms with Crippen LogP contribution in [0, 0.1) is 0 Å². The molecule has 0 unspecified atom stereocenters. The van der Waals surface area contributed by atoms with Crippen molar-refractivity contribution in [3.63, 3.8) is 0 Å². The van der Waals surface area contributed by atoms with Crippen LogP contribution in [-0.2, 0) is 11.2 Å². The molecule has 5 heteroatoms. The number of benzene rings is 2. The van der Waals surface area contributed by atoms with Crippen molar-refractivity contribution in [1.82, 2.24) is 10.9 Å². The number of ether oxygens (including phenoxy) is 1. The van der Waals surface area contributed by atoms with Gasteiger partial charge < -0.3 is 4.74 Å². The van der Waals surface area contributed by atoms with Crippen molar-refractivity contribution in [2.45, 2.75) is 26.4 Å². The van der Waals surface area contributed by atoms with Gasteiger partial charge in [-0.2, -0.15) is 0 Å². The van der Waals surface area contributed by atoms with Crippen molar-refractivity contribution in [2.75, 3.05) is 0 Å². The monoisotopic (exact) mass is 312 g/mol. The number of nitrogens with one attached hydrogen (secondary N) is 2. The zero-order chi connectivity index (χ0) is 16.7. The van der Waals surface area contributed by atoms with Gasteiger partial charge in [0.05, 0.1) is 0 Å². The molecular formula is C18H20N2O3. The zero-order valence-electron chi connectivity index (χ0n) is 13.2. The van der Waals surface area contributed by atoms with E-state index < -0.39 is 12.0 Å². The predicted octanol–water partition coefficient (Wildman–Crippen LogP) is 2.48. The number of rotatable bonds is 5. The highest BCUT2D eigenvalue weighted by atomic mass is 16.5. The molecule has 5 nitrogen and oxygen atoms in total. The third-order valence-corrected chi connectivity index (χ3v) is 3.35. The summed E-state index contributed by atoms with van der Waals surface area (Å²) in [6.45, 7) is 3.69. The van der Waals surface area contributed by atoms with Crippen LogP contribution in [0.5, 0.6) is 5.75 Å². The van der Waals surface area contributed by atoms with E-state index in [4.69, 9.17) is 4.74 Å². The summed E-state index contributed by atoms with van der Waals surface area (Å²) in [4.78, 5) is 23.8. The fourth-order valence-corrected chi connectivity index (χ4v) is 1.94. The lowest BCUT2D eigenvalue weighted by Gasteiger charge is -2.15. The molecule has 2 rings (SSSR count). The molecule has 120 valence electrons. The zero-order valence-corrected chi connectivity index (χ0v) is 13.2. The molecule has 1 atom stereocenters. The van der Waals surface area contributed by atoms with Gasteiger partial charge in [0.2, 0.25) is 0 Å². The van der Waals surface area contributed by atoms with Crippen LogP contribution in [0.3, 0.4) is 0 Å². The lowest BCUT2D eigenvalue weighted by Crippen LogP contribution is -2.47. The van der Waals surface area contributed by atoms with Crippen molar-refractivity contribution in [2.24, 2.45) is 0 Å². The summed E-state index contributed by atoms with van der Waals surface area (Å²) < 4.78 is 5.55. The second-order valence-electron chi connectivity index (χ2n) is 5.07. The molecule has 0 fully saturated rings. The molecule has 0 aliphatic heterocycles. The van der Waals surface area contributed by atoms with Crippen LogP contribution in [0.4, 0.5) is 0 Å². The third kappa shape index (κ3) is 4.85. The minimum Gasteiger partial charge on any atom is -0.481 e. The first kappa shape index (κ1) is 16.5. The Hall–Kier alpha value is -2.82. The second-order valence-corrected chi connectivity index (χ2v) is 5.07. The SMILES string of the molecule is CCc1ccc(O[C@H](C)C(=O)NNC(=O)c2ccccc2)cc1. The molecular weight excluding hydrogens is 292 g/mol. The first-order valence-electron chi connectivity index (χ1n) is 7.51. The van der Waals surface area contributed by atoms with Gasteiger partial charge in [-0.3, -0.25) is 20.4 Å². The van der Waals surface area contributed by atoms with Crippen molar-refractivity contribution < 1.29 is 14.3 Å². The standard InChI is InChI=1S/C18H20N2O3/c1-3-14-9-11-16(12-10-14)23-13(2)17(21)19-20-18(22)15-7-5-4-6-8-15/h4-13H,3H2,1-2H3,(H,19,21)(H,20,22)/t13-/m1/s1. The molecule has 0 saturated carbocycles. The molecule has 0 aliphatic carbocycles. The molecule has 2 aromatic rings. The molecule has 0 aromatic heterocycles. The van der Waals surface area contributed by atoms with E-state index in [1.165, 1.54) is 5.56 Å². The minimum atomic E-state index is -0.724. The van der Waals surface area contributed by atoms with E-state index in [1.54, 1.807) is 31.2 Å². The lowest BCUT2D eigenvalue weighted by molar-refractivity contribution is -0.128. The molecule has 2 amide bonds. The van der Waals surface area contributed by atoms with Crippen LogP contribution in [0.15, 0.2) is 54.6 Å². The average Bonchev–Trinajstić information content (AvgIpc) is 2.60. The molecule has 0 aliphatic rings. The Bertz CT molecular complexity index is 654. The number of aryl methyl sites for hydroxylation is 1. The first-order valence-corrected chi connectivity index (χ1v) is 7.51. The Morgan fingerprint density at radius 3 is 2.26 bits per heavy atom. The predicted molar refractivity (Wildman–Crippen MR) is 88.0 cm³/mol. The van der Waals surface area contributed by atoms with Crippen molar-refractivity contribution in [1.29, 1.82) is 0 Å². The van der Waals surface area contributed by atoms with E-state index in [0.29, 0.717) is 11.3 Å². The highest BCUT2D eigenvalue weighted by Crippen LogP contribution is 2.14. The van der Waals surface area contributed by atoms with E-state index in [0.717, 1.165) is 6.42 Å². The van der Waals surface area contributed by atoms with Crippen LogP contribution in [-0.4, -0.2) is 17.9 Å². The smallest absolute Gasteiger partial charge is 0.279 e. The Kier molecular flexibility index (Phi) is 5.74. The Labute approximate surface area is 135 Å². The van der Waals surface area contributed by atoms with Gasteiger partial charge in [0.25, 0.3) is 11.8 Å². The van der Waals surface area contributed by atoms with Crippen molar-refractivity contribution >= 4 is 11.8 Å². The average molecular weight is 312 g/mol. The summed E-state index contributed by atoms with van der Waals surface area (Å²) >= 11 is 0. The van der Waals surface area contributed by atoms with E-state index in [1.807, 2.05) is 30.3 Å². The highest BCUT2D eigenvalue weighted by Gasteiger charge is 2.15. The van der Waals surface area contributed by atoms with Gasteiger partial charge in [-0.25, -0.2) is 0 Å². The third-order valence-electron chi connectivity index (χ3n) is 3.35. The van der Waals surface area contributed by atoms with Gasteiger partial charge in [-0.1, -0.05) is 37.3 Å². The van der Waals surface area contributed by atoms with E-state index >= 15 is 0 Å². The van der Waals surface area contributed by atoms with E-state index in [9.17, 15) is 9.59 Å². The van der Waals surface area contributed by atoms with Crippen LogP contribution in [0.25, 0.3) is 0 Å². The van der Waals surface area contributed by atoms with Crippen molar-refractivity contribution in [3.8, 4) is 5.75 Å². The number of carbonyl (C=O) groups is 2. The second kappa shape index (κ2) is 7.98. The molecule has 0 spiro atoms. The number of amides is 2. The Morgan fingerprint density at radius 1 is 1.00 bits per heavy atom. The molecule has 2 N–H and O–H groups in total. The largest absolute Gasteiger partial charge is 0.481 e. The summed E-state index contributed by atoms with van der Waals surface area (Å²) in [6, 6.07) is 16.2. The van der Waals surface area contributed by atoms with Crippen molar-refractivity contribution in [3.05, 3.63) is 65.7 Å². The van der Waals surface area contributed by atoms with Gasteiger partial charge >= 0.3 is 0 Å². The maximum atomic E-state index is 12.0. The van der Waals surface area contributed by atoms with Crippen LogP contribution >= 0.6 is 0 Å². The maximum Gasteiger partial charge on any atom is 0.279 e. The molecule has 0 bridgehead atoms. The van der Waals surface area contributed by atoms with Crippen LogP contribution in [0.1, 0.15) is 29.8 Å². The topological polar surface area (TPSA) is 67.4 Å². The number of carbonyl (C=O) groups excluding carboxylic acids is 2. The van der Waals surface area contributed by atoms with Gasteiger partial charge in [0.1, 0.15) is 5.75 Å². The van der Waals surface area contributed by atoms with Gasteiger partial charge in [0, 0.05) is 5.56 Å². The number of hydrazine groups is 1. The molecule has 0 saturated heterocycles. The molecule has 2 aromatic carbocycles. The first-order chi connectivity index (χ1) is 11.1. The van der Waals surface area contributed by atoms with E-state index in [-0.39, 0.29) is 5.91 Å².